The molecular weight excluding hydrogens is 246 g/mol. The molecule has 0 bridgehead atoms. The van der Waals surface area contributed by atoms with Gasteiger partial charge in [0.2, 0.25) is 0 Å². The number of carbonyl (C=O) groups is 1. The Bertz CT molecular complexity index is 378. The van der Waals surface area contributed by atoms with Crippen molar-refractivity contribution < 1.29 is 19.4 Å². The average molecular weight is 267 g/mol. The van der Waals surface area contributed by atoms with Gasteiger partial charge in [0.25, 0.3) is 0 Å². The van der Waals surface area contributed by atoms with E-state index in [0.29, 0.717) is 26.1 Å². The Hall–Kier alpha value is -1.59. The van der Waals surface area contributed by atoms with Crippen LogP contribution in [0, 0.1) is 0 Å². The van der Waals surface area contributed by atoms with E-state index in [9.17, 15) is 4.79 Å². The monoisotopic (exact) mass is 267 g/mol. The van der Waals surface area contributed by atoms with Crippen LogP contribution in [0.4, 0.5) is 0 Å². The molecule has 0 saturated carbocycles. The van der Waals surface area contributed by atoms with Crippen LogP contribution in [0.15, 0.2) is 24.3 Å². The molecule has 106 valence electrons. The van der Waals surface area contributed by atoms with E-state index in [-0.39, 0.29) is 6.61 Å². The third-order valence-electron chi connectivity index (χ3n) is 2.61. The molecule has 0 radical (unpaired) electrons. The van der Waals surface area contributed by atoms with Crippen molar-refractivity contribution in [3.8, 4) is 5.75 Å². The summed E-state index contributed by atoms with van der Waals surface area (Å²) in [5.41, 5.74) is 6.70. The lowest BCUT2D eigenvalue weighted by Crippen LogP contribution is -2.33. The molecule has 1 unspecified atom stereocenters. The van der Waals surface area contributed by atoms with E-state index in [2.05, 4.69) is 0 Å². The maximum absolute atomic E-state index is 11.3. The summed E-state index contributed by atoms with van der Waals surface area (Å²) in [5.74, 6) is 0.321. The predicted molar refractivity (Wildman–Crippen MR) is 72.0 cm³/mol. The summed E-state index contributed by atoms with van der Waals surface area (Å²) in [5, 5.41) is 8.80. The van der Waals surface area contributed by atoms with Crippen LogP contribution in [0.5, 0.6) is 5.75 Å². The van der Waals surface area contributed by atoms with Gasteiger partial charge in [-0.1, -0.05) is 12.1 Å². The lowest BCUT2D eigenvalue weighted by molar-refractivity contribution is -0.145. The fourth-order valence-electron chi connectivity index (χ4n) is 1.55. The van der Waals surface area contributed by atoms with E-state index in [1.54, 1.807) is 6.92 Å². The molecule has 1 atom stereocenters. The highest BCUT2D eigenvalue weighted by Crippen LogP contribution is 2.13. The third-order valence-corrected chi connectivity index (χ3v) is 2.61. The Balaban J connectivity index is 2.30. The topological polar surface area (TPSA) is 81.8 Å². The summed E-state index contributed by atoms with van der Waals surface area (Å²) in [6.07, 6.45) is 1.05. The van der Waals surface area contributed by atoms with Gasteiger partial charge in [0, 0.05) is 13.0 Å². The van der Waals surface area contributed by atoms with Gasteiger partial charge in [0.1, 0.15) is 11.8 Å². The maximum atomic E-state index is 11.3. The van der Waals surface area contributed by atoms with E-state index in [1.165, 1.54) is 0 Å². The second-order valence-corrected chi connectivity index (χ2v) is 4.11. The number of rotatable bonds is 8. The number of hydrogen-bond donors (Lipinski definition) is 2. The Labute approximate surface area is 113 Å². The number of hydrogen-bond acceptors (Lipinski definition) is 5. The molecular formula is C14H21NO4. The van der Waals surface area contributed by atoms with Crippen molar-refractivity contribution in [2.75, 3.05) is 19.8 Å². The first-order valence-electron chi connectivity index (χ1n) is 6.42. The molecule has 0 heterocycles. The summed E-state index contributed by atoms with van der Waals surface area (Å²) in [6, 6.07) is 6.82. The second-order valence-electron chi connectivity index (χ2n) is 4.11. The van der Waals surface area contributed by atoms with Crippen LogP contribution < -0.4 is 10.5 Å². The molecule has 0 amide bonds. The quantitative estimate of drug-likeness (QED) is 0.683. The van der Waals surface area contributed by atoms with Crippen LogP contribution in [0.25, 0.3) is 0 Å². The van der Waals surface area contributed by atoms with Crippen LogP contribution >= 0.6 is 0 Å². The van der Waals surface area contributed by atoms with Gasteiger partial charge in [0.15, 0.2) is 0 Å². The number of aliphatic hydroxyl groups excluding tert-OH is 1. The predicted octanol–water partition coefficient (Wildman–Crippen LogP) is 0.881. The zero-order valence-corrected chi connectivity index (χ0v) is 11.2. The average Bonchev–Trinajstić information content (AvgIpc) is 2.41. The minimum absolute atomic E-state index is 0.134. The molecule has 3 N–H and O–H groups in total. The highest BCUT2D eigenvalue weighted by Gasteiger charge is 2.14. The summed E-state index contributed by atoms with van der Waals surface area (Å²) in [6.45, 7) is 2.57. The van der Waals surface area contributed by atoms with Gasteiger partial charge < -0.3 is 20.3 Å². The molecule has 1 aromatic carbocycles. The Morgan fingerprint density at radius 3 is 2.63 bits per heavy atom. The van der Waals surface area contributed by atoms with E-state index < -0.39 is 12.0 Å². The summed E-state index contributed by atoms with van der Waals surface area (Å²) in [4.78, 5) is 11.3. The third kappa shape index (κ3) is 5.72. The minimum Gasteiger partial charge on any atom is -0.494 e. The molecule has 5 heteroatoms. The first-order valence-corrected chi connectivity index (χ1v) is 6.42. The van der Waals surface area contributed by atoms with Crippen molar-refractivity contribution in [1.29, 1.82) is 0 Å². The van der Waals surface area contributed by atoms with Crippen LogP contribution in [0.1, 0.15) is 18.9 Å². The normalized spacial score (nSPS) is 11.9. The number of benzene rings is 1. The Kier molecular flexibility index (Phi) is 6.92. The fraction of sp³-hybridized carbons (Fsp3) is 0.500. The van der Waals surface area contributed by atoms with Crippen molar-refractivity contribution in [1.82, 2.24) is 0 Å². The zero-order valence-electron chi connectivity index (χ0n) is 11.2. The van der Waals surface area contributed by atoms with Gasteiger partial charge >= 0.3 is 5.97 Å². The molecule has 0 aliphatic carbocycles. The minimum atomic E-state index is -0.645. The lowest BCUT2D eigenvalue weighted by atomic mass is 10.1. The first kappa shape index (κ1) is 15.5. The molecule has 19 heavy (non-hydrogen) atoms. The summed E-state index contributed by atoms with van der Waals surface area (Å²) < 4.78 is 10.3. The van der Waals surface area contributed by atoms with Crippen LogP contribution in [-0.2, 0) is 16.0 Å². The Morgan fingerprint density at radius 2 is 2.05 bits per heavy atom. The van der Waals surface area contributed by atoms with Crippen molar-refractivity contribution in [3.63, 3.8) is 0 Å². The number of esters is 1. The standard InChI is InChI=1S/C14H21NO4/c1-2-18-14(17)13(15)8-10-19-12-5-3-11(4-6-12)7-9-16/h3-6,13,16H,2,7-10,15H2,1H3. The van der Waals surface area contributed by atoms with Crippen LogP contribution in [0.3, 0.4) is 0 Å². The fourth-order valence-corrected chi connectivity index (χ4v) is 1.55. The molecule has 0 spiro atoms. The first-order chi connectivity index (χ1) is 9.17. The van der Waals surface area contributed by atoms with E-state index in [0.717, 1.165) is 11.3 Å². The molecule has 1 rings (SSSR count). The summed E-state index contributed by atoms with van der Waals surface area (Å²) >= 11 is 0. The van der Waals surface area contributed by atoms with Crippen molar-refractivity contribution in [3.05, 3.63) is 29.8 Å². The molecule has 5 nitrogen and oxygen atoms in total. The highest BCUT2D eigenvalue weighted by atomic mass is 16.5. The van der Waals surface area contributed by atoms with Crippen molar-refractivity contribution >= 4 is 5.97 Å². The highest BCUT2D eigenvalue weighted by molar-refractivity contribution is 5.75. The Morgan fingerprint density at radius 1 is 1.37 bits per heavy atom. The lowest BCUT2D eigenvalue weighted by Gasteiger charge is -2.11. The van der Waals surface area contributed by atoms with Crippen molar-refractivity contribution in [2.45, 2.75) is 25.8 Å². The van der Waals surface area contributed by atoms with Gasteiger partial charge in [-0.3, -0.25) is 4.79 Å². The second kappa shape index (κ2) is 8.50. The smallest absolute Gasteiger partial charge is 0.323 e. The van der Waals surface area contributed by atoms with E-state index >= 15 is 0 Å². The van der Waals surface area contributed by atoms with E-state index in [4.69, 9.17) is 20.3 Å². The molecule has 0 aromatic heterocycles. The van der Waals surface area contributed by atoms with Gasteiger partial charge in [-0.15, -0.1) is 0 Å². The van der Waals surface area contributed by atoms with Gasteiger partial charge in [-0.2, -0.15) is 0 Å². The zero-order chi connectivity index (χ0) is 14.1. The van der Waals surface area contributed by atoms with Crippen LogP contribution in [-0.4, -0.2) is 36.9 Å². The van der Waals surface area contributed by atoms with E-state index in [1.807, 2.05) is 24.3 Å². The maximum Gasteiger partial charge on any atom is 0.323 e. The van der Waals surface area contributed by atoms with Gasteiger partial charge in [-0.25, -0.2) is 0 Å². The van der Waals surface area contributed by atoms with Gasteiger partial charge in [-0.05, 0) is 31.0 Å². The molecule has 0 aliphatic heterocycles. The van der Waals surface area contributed by atoms with Crippen molar-refractivity contribution in [2.24, 2.45) is 5.73 Å². The number of ether oxygens (including phenoxy) is 2. The molecule has 1 aromatic rings. The van der Waals surface area contributed by atoms with Crippen LogP contribution in [0.2, 0.25) is 0 Å². The molecule has 0 aliphatic rings. The number of carbonyl (C=O) groups excluding carboxylic acids is 1. The number of aliphatic hydroxyl groups is 1. The molecule has 0 fully saturated rings. The largest absolute Gasteiger partial charge is 0.494 e. The summed E-state index contributed by atoms with van der Waals surface area (Å²) in [7, 11) is 0. The van der Waals surface area contributed by atoms with Gasteiger partial charge in [0.05, 0.1) is 13.2 Å². The molecule has 0 saturated heterocycles. The number of nitrogens with two attached hydrogens (primary N) is 1. The SMILES string of the molecule is CCOC(=O)C(N)CCOc1ccc(CCO)cc1.